The van der Waals surface area contributed by atoms with Gasteiger partial charge in [0.05, 0.1) is 17.8 Å². The highest BCUT2D eigenvalue weighted by atomic mass is 79.9. The molecule has 1 heterocycles. The Morgan fingerprint density at radius 2 is 2.00 bits per heavy atom. The lowest BCUT2D eigenvalue weighted by Crippen LogP contribution is -2.41. The van der Waals surface area contributed by atoms with E-state index < -0.39 is 18.1 Å². The van der Waals surface area contributed by atoms with Gasteiger partial charge in [0, 0.05) is 6.04 Å². The van der Waals surface area contributed by atoms with E-state index in [1.54, 1.807) is 6.20 Å². The molecule has 1 aromatic rings. The third-order valence-electron chi connectivity index (χ3n) is 3.55. The Kier molecular flexibility index (Phi) is 4.38. The second kappa shape index (κ2) is 5.69. The molecule has 2 atom stereocenters. The van der Waals surface area contributed by atoms with Crippen LogP contribution in [0.4, 0.5) is 18.9 Å². The second-order valence-electron chi connectivity index (χ2n) is 5.02. The summed E-state index contributed by atoms with van der Waals surface area (Å²) in [6, 6.07) is 1.27. The average molecular weight is 337 g/mol. The number of nitrogens with zero attached hydrogens (tertiary/aromatic N) is 1. The maximum atomic E-state index is 13.0. The zero-order chi connectivity index (χ0) is 14.0. The minimum atomic E-state index is -4.13. The monoisotopic (exact) mass is 336 g/mol. The van der Waals surface area contributed by atoms with Gasteiger partial charge in [-0.15, -0.1) is 0 Å². The van der Waals surface area contributed by atoms with Crippen LogP contribution in [0.3, 0.4) is 0 Å². The van der Waals surface area contributed by atoms with Crippen LogP contribution in [-0.4, -0.2) is 17.2 Å². The number of hydrogen-bond acceptors (Lipinski definition) is 2. The molecule has 1 N–H and O–H groups in total. The summed E-state index contributed by atoms with van der Waals surface area (Å²) in [6.45, 7) is 1.87. The number of rotatable bonds is 2. The van der Waals surface area contributed by atoms with Crippen molar-refractivity contribution in [1.29, 1.82) is 0 Å². The van der Waals surface area contributed by atoms with Crippen LogP contribution in [-0.2, 0) is 0 Å². The van der Waals surface area contributed by atoms with Crippen LogP contribution in [0.25, 0.3) is 0 Å². The molecule has 2 unspecified atom stereocenters. The van der Waals surface area contributed by atoms with Crippen molar-refractivity contribution in [3.63, 3.8) is 0 Å². The normalized spacial score (nSPS) is 24.3. The van der Waals surface area contributed by atoms with Crippen LogP contribution in [0.2, 0.25) is 0 Å². The molecule has 0 aliphatic heterocycles. The lowest BCUT2D eigenvalue weighted by molar-refractivity contribution is -0.184. The quantitative estimate of drug-likeness (QED) is 0.793. The molecule has 2 rings (SSSR count). The molecule has 0 bridgehead atoms. The molecule has 6 heteroatoms. The van der Waals surface area contributed by atoms with Crippen LogP contribution < -0.4 is 5.32 Å². The van der Waals surface area contributed by atoms with Gasteiger partial charge in [0.25, 0.3) is 0 Å². The molecule has 1 fully saturated rings. The fourth-order valence-electron chi connectivity index (χ4n) is 2.55. The van der Waals surface area contributed by atoms with E-state index in [0.717, 1.165) is 12.0 Å². The van der Waals surface area contributed by atoms with Crippen LogP contribution >= 0.6 is 15.9 Å². The summed E-state index contributed by atoms with van der Waals surface area (Å²) in [5.41, 5.74) is 1.56. The van der Waals surface area contributed by atoms with Crippen molar-refractivity contribution in [2.45, 2.75) is 44.8 Å². The third-order valence-corrected chi connectivity index (χ3v) is 4.38. The summed E-state index contributed by atoms with van der Waals surface area (Å²) in [6.07, 6.45) is -0.300. The molecule has 19 heavy (non-hydrogen) atoms. The molecule has 106 valence electrons. The number of alkyl halides is 3. The Morgan fingerprint density at radius 3 is 2.63 bits per heavy atom. The highest BCUT2D eigenvalue weighted by Gasteiger charge is 2.45. The summed E-state index contributed by atoms with van der Waals surface area (Å²) < 4.78 is 39.6. The first-order valence-corrected chi connectivity index (χ1v) is 7.12. The van der Waals surface area contributed by atoms with Gasteiger partial charge in [-0.2, -0.15) is 13.2 Å². The minimum absolute atomic E-state index is 0.212. The summed E-state index contributed by atoms with van der Waals surface area (Å²) in [5, 5.41) is 3.00. The summed E-state index contributed by atoms with van der Waals surface area (Å²) in [5.74, 6) is -1.26. The number of pyridine rings is 1. The lowest BCUT2D eigenvalue weighted by Gasteiger charge is -2.34. The first-order chi connectivity index (χ1) is 8.88. The van der Waals surface area contributed by atoms with Crippen LogP contribution in [0.15, 0.2) is 16.9 Å². The van der Waals surface area contributed by atoms with Gasteiger partial charge in [0.1, 0.15) is 4.60 Å². The smallest absolute Gasteiger partial charge is 0.380 e. The first-order valence-electron chi connectivity index (χ1n) is 6.33. The fraction of sp³-hybridized carbons (Fsp3) is 0.615. The lowest BCUT2D eigenvalue weighted by atomic mass is 9.84. The van der Waals surface area contributed by atoms with Gasteiger partial charge in [-0.1, -0.05) is 12.8 Å². The van der Waals surface area contributed by atoms with Crippen molar-refractivity contribution in [1.82, 2.24) is 4.98 Å². The van der Waals surface area contributed by atoms with Crippen LogP contribution in [0, 0.1) is 12.8 Å². The molecule has 0 spiro atoms. The largest absolute Gasteiger partial charge is 0.393 e. The van der Waals surface area contributed by atoms with Crippen molar-refractivity contribution in [2.24, 2.45) is 5.92 Å². The minimum Gasteiger partial charge on any atom is -0.380 e. The molecular formula is C13H16BrF3N2. The van der Waals surface area contributed by atoms with Crippen LogP contribution in [0.1, 0.15) is 31.2 Å². The number of halogens is 4. The van der Waals surface area contributed by atoms with E-state index in [4.69, 9.17) is 0 Å². The van der Waals surface area contributed by atoms with E-state index >= 15 is 0 Å². The second-order valence-corrected chi connectivity index (χ2v) is 5.77. The Labute approximate surface area is 118 Å². The molecule has 0 aromatic carbocycles. The fourth-order valence-corrected chi connectivity index (χ4v) is 2.76. The van der Waals surface area contributed by atoms with Crippen LogP contribution in [0.5, 0.6) is 0 Å². The number of aryl methyl sites for hydroxylation is 1. The van der Waals surface area contributed by atoms with Gasteiger partial charge in [0.2, 0.25) is 0 Å². The van der Waals surface area contributed by atoms with E-state index in [1.165, 1.54) is 0 Å². The highest BCUT2D eigenvalue weighted by molar-refractivity contribution is 9.10. The first kappa shape index (κ1) is 14.6. The predicted molar refractivity (Wildman–Crippen MR) is 72.1 cm³/mol. The molecule has 1 aromatic heterocycles. The summed E-state index contributed by atoms with van der Waals surface area (Å²) in [7, 11) is 0. The number of hydrogen-bond donors (Lipinski definition) is 1. The number of nitrogens with one attached hydrogen (secondary N) is 1. The Hall–Kier alpha value is -0.780. The summed E-state index contributed by atoms with van der Waals surface area (Å²) >= 11 is 3.28. The molecule has 0 radical (unpaired) electrons. The third kappa shape index (κ3) is 3.61. The van der Waals surface area contributed by atoms with Crippen molar-refractivity contribution in [3.05, 3.63) is 22.4 Å². The van der Waals surface area contributed by atoms with Gasteiger partial charge < -0.3 is 5.32 Å². The van der Waals surface area contributed by atoms with E-state index in [2.05, 4.69) is 26.2 Å². The van der Waals surface area contributed by atoms with Crippen molar-refractivity contribution in [2.75, 3.05) is 5.32 Å². The molecule has 1 aliphatic rings. The SMILES string of the molecule is Cc1cc(NC2CCCCC2C(F)(F)F)cnc1Br. The zero-order valence-corrected chi connectivity index (χ0v) is 12.2. The Balaban J connectivity index is 2.13. The maximum absolute atomic E-state index is 13.0. The standard InChI is InChI=1S/C13H16BrF3N2/c1-8-6-9(7-18-12(8)14)19-11-5-3-2-4-10(11)13(15,16)17/h6-7,10-11,19H,2-5H2,1H3. The highest BCUT2D eigenvalue weighted by Crippen LogP contribution is 2.39. The van der Waals surface area contributed by atoms with Gasteiger partial charge in [-0.3, -0.25) is 0 Å². The summed E-state index contributed by atoms with van der Waals surface area (Å²) in [4.78, 5) is 4.10. The van der Waals surface area contributed by atoms with E-state index in [-0.39, 0.29) is 6.42 Å². The van der Waals surface area contributed by atoms with E-state index in [9.17, 15) is 13.2 Å². The number of anilines is 1. The molecule has 0 amide bonds. The Morgan fingerprint density at radius 1 is 1.32 bits per heavy atom. The molecule has 0 saturated heterocycles. The van der Waals surface area contributed by atoms with Gasteiger partial charge in [-0.05, 0) is 47.3 Å². The van der Waals surface area contributed by atoms with Gasteiger partial charge >= 0.3 is 6.18 Å². The predicted octanol–water partition coefficient (Wildman–Crippen LogP) is 4.69. The van der Waals surface area contributed by atoms with Crippen molar-refractivity contribution >= 4 is 21.6 Å². The van der Waals surface area contributed by atoms with Crippen molar-refractivity contribution in [3.8, 4) is 0 Å². The Bertz CT molecular complexity index is 448. The van der Waals surface area contributed by atoms with Gasteiger partial charge in [-0.25, -0.2) is 4.98 Å². The molecule has 1 saturated carbocycles. The maximum Gasteiger partial charge on any atom is 0.393 e. The van der Waals surface area contributed by atoms with Gasteiger partial charge in [0.15, 0.2) is 0 Å². The van der Waals surface area contributed by atoms with E-state index in [1.807, 2.05) is 13.0 Å². The average Bonchev–Trinajstić information content (AvgIpc) is 2.33. The van der Waals surface area contributed by atoms with Crippen molar-refractivity contribution < 1.29 is 13.2 Å². The molecular weight excluding hydrogens is 321 g/mol. The number of aromatic nitrogens is 1. The zero-order valence-electron chi connectivity index (χ0n) is 10.6. The topological polar surface area (TPSA) is 24.9 Å². The molecule has 2 nitrogen and oxygen atoms in total. The van der Waals surface area contributed by atoms with E-state index in [0.29, 0.717) is 23.1 Å². The molecule has 1 aliphatic carbocycles.